The van der Waals surface area contributed by atoms with Crippen LogP contribution in [0.4, 0.5) is 10.5 Å². The Hall–Kier alpha value is -2.08. The number of hydrogen-bond donors (Lipinski definition) is 3. The predicted octanol–water partition coefficient (Wildman–Crippen LogP) is 1.78. The van der Waals surface area contributed by atoms with Crippen LogP contribution >= 0.6 is 0 Å². The maximum absolute atomic E-state index is 12.4. The highest BCUT2D eigenvalue weighted by atomic mass is 16.2. The highest BCUT2D eigenvalue weighted by molar-refractivity contribution is 5.89. The standard InChI is InChI=1S/C17H26N4O2/c1-13(11-18)16(22)21-10-6-5-9-15(21)12-19-17(23)20-14-7-3-2-4-8-14/h2-4,7-8,13,15H,5-6,9-12,18H2,1H3,(H2,19,20,23). The van der Waals surface area contributed by atoms with Crippen LogP contribution in [0.5, 0.6) is 0 Å². The summed E-state index contributed by atoms with van der Waals surface area (Å²) in [5, 5.41) is 5.65. The Labute approximate surface area is 137 Å². The number of nitrogens with zero attached hydrogens (tertiary/aromatic N) is 1. The molecule has 1 fully saturated rings. The number of likely N-dealkylation sites (tertiary alicyclic amines) is 1. The van der Waals surface area contributed by atoms with Crippen molar-refractivity contribution in [2.45, 2.75) is 32.2 Å². The first kappa shape index (κ1) is 17.3. The van der Waals surface area contributed by atoms with Gasteiger partial charge < -0.3 is 21.3 Å². The summed E-state index contributed by atoms with van der Waals surface area (Å²) >= 11 is 0. The Morgan fingerprint density at radius 3 is 2.74 bits per heavy atom. The smallest absolute Gasteiger partial charge is 0.319 e. The Bertz CT molecular complexity index is 521. The Kier molecular flexibility index (Phi) is 6.40. The second-order valence-corrected chi connectivity index (χ2v) is 6.02. The Morgan fingerprint density at radius 1 is 1.30 bits per heavy atom. The van der Waals surface area contributed by atoms with Gasteiger partial charge in [0.2, 0.25) is 5.91 Å². The molecule has 3 amide bonds. The van der Waals surface area contributed by atoms with Crippen LogP contribution in [0.1, 0.15) is 26.2 Å². The molecule has 1 aliphatic heterocycles. The molecule has 2 rings (SSSR count). The Morgan fingerprint density at radius 2 is 2.04 bits per heavy atom. The quantitative estimate of drug-likeness (QED) is 0.773. The van der Waals surface area contributed by atoms with Crippen LogP contribution in [-0.4, -0.2) is 42.5 Å². The van der Waals surface area contributed by atoms with Crippen molar-refractivity contribution in [3.63, 3.8) is 0 Å². The number of urea groups is 1. The SMILES string of the molecule is CC(CN)C(=O)N1CCCCC1CNC(=O)Nc1ccccc1. The van der Waals surface area contributed by atoms with Crippen molar-refractivity contribution in [1.29, 1.82) is 0 Å². The zero-order valence-corrected chi connectivity index (χ0v) is 13.6. The molecule has 0 aromatic heterocycles. The van der Waals surface area contributed by atoms with Gasteiger partial charge in [0.1, 0.15) is 0 Å². The lowest BCUT2D eigenvalue weighted by atomic mass is 9.99. The number of para-hydroxylation sites is 1. The topological polar surface area (TPSA) is 87.5 Å². The largest absolute Gasteiger partial charge is 0.338 e. The monoisotopic (exact) mass is 318 g/mol. The van der Waals surface area contributed by atoms with Crippen LogP contribution in [0.15, 0.2) is 30.3 Å². The molecule has 1 aromatic carbocycles. The summed E-state index contributed by atoms with van der Waals surface area (Å²) in [5.41, 5.74) is 6.35. The van der Waals surface area contributed by atoms with Gasteiger partial charge in [-0.2, -0.15) is 0 Å². The number of nitrogens with two attached hydrogens (primary N) is 1. The minimum Gasteiger partial charge on any atom is -0.338 e. The van der Waals surface area contributed by atoms with Gasteiger partial charge in [0, 0.05) is 37.3 Å². The van der Waals surface area contributed by atoms with E-state index in [4.69, 9.17) is 5.73 Å². The van der Waals surface area contributed by atoms with Crippen LogP contribution in [0.25, 0.3) is 0 Å². The molecule has 0 bridgehead atoms. The molecule has 0 spiro atoms. The molecular formula is C17H26N4O2. The lowest BCUT2D eigenvalue weighted by molar-refractivity contribution is -0.138. The molecule has 2 atom stereocenters. The number of rotatable bonds is 5. The number of nitrogens with one attached hydrogen (secondary N) is 2. The van der Waals surface area contributed by atoms with Gasteiger partial charge in [-0.15, -0.1) is 0 Å². The highest BCUT2D eigenvalue weighted by Gasteiger charge is 2.29. The fraction of sp³-hybridized carbons (Fsp3) is 0.529. The number of anilines is 1. The Balaban J connectivity index is 1.86. The van der Waals surface area contributed by atoms with E-state index >= 15 is 0 Å². The summed E-state index contributed by atoms with van der Waals surface area (Å²) in [4.78, 5) is 26.2. The summed E-state index contributed by atoms with van der Waals surface area (Å²) in [6.07, 6.45) is 3.00. The van der Waals surface area contributed by atoms with Crippen molar-refractivity contribution in [3.05, 3.63) is 30.3 Å². The molecule has 1 heterocycles. The molecule has 6 heteroatoms. The van der Waals surface area contributed by atoms with Crippen molar-refractivity contribution >= 4 is 17.6 Å². The van der Waals surface area contributed by atoms with Gasteiger partial charge in [-0.3, -0.25) is 4.79 Å². The average molecular weight is 318 g/mol. The number of carbonyl (C=O) groups is 2. The van der Waals surface area contributed by atoms with Gasteiger partial charge in [0.15, 0.2) is 0 Å². The summed E-state index contributed by atoms with van der Waals surface area (Å²) in [6, 6.07) is 9.09. The maximum atomic E-state index is 12.4. The maximum Gasteiger partial charge on any atom is 0.319 e. The third-order valence-corrected chi connectivity index (χ3v) is 4.22. The molecule has 1 aromatic rings. The van der Waals surface area contributed by atoms with E-state index in [1.807, 2.05) is 42.2 Å². The molecule has 4 N–H and O–H groups in total. The van der Waals surface area contributed by atoms with Crippen LogP contribution in [0, 0.1) is 5.92 Å². The van der Waals surface area contributed by atoms with Gasteiger partial charge in [-0.25, -0.2) is 4.79 Å². The fourth-order valence-corrected chi connectivity index (χ4v) is 2.79. The second-order valence-electron chi connectivity index (χ2n) is 6.02. The second kappa shape index (κ2) is 8.53. The summed E-state index contributed by atoms with van der Waals surface area (Å²) in [7, 11) is 0. The van der Waals surface area contributed by atoms with Gasteiger partial charge in [-0.1, -0.05) is 25.1 Å². The molecule has 0 saturated carbocycles. The zero-order valence-electron chi connectivity index (χ0n) is 13.6. The van der Waals surface area contributed by atoms with E-state index in [1.165, 1.54) is 0 Å². The van der Waals surface area contributed by atoms with E-state index in [1.54, 1.807) is 0 Å². The number of carbonyl (C=O) groups excluding carboxylic acids is 2. The molecule has 6 nitrogen and oxygen atoms in total. The van der Waals surface area contributed by atoms with Crippen LogP contribution < -0.4 is 16.4 Å². The molecule has 0 radical (unpaired) electrons. The van der Waals surface area contributed by atoms with Crippen molar-refractivity contribution in [2.24, 2.45) is 11.7 Å². The van der Waals surface area contributed by atoms with E-state index < -0.39 is 0 Å². The third kappa shape index (κ3) is 4.96. The predicted molar refractivity (Wildman–Crippen MR) is 91.0 cm³/mol. The summed E-state index contributed by atoms with van der Waals surface area (Å²) in [6.45, 7) is 3.41. The first-order chi connectivity index (χ1) is 11.1. The highest BCUT2D eigenvalue weighted by Crippen LogP contribution is 2.19. The molecule has 23 heavy (non-hydrogen) atoms. The lowest BCUT2D eigenvalue weighted by Gasteiger charge is -2.37. The van der Waals surface area contributed by atoms with Gasteiger partial charge in [0.25, 0.3) is 0 Å². The molecule has 1 aliphatic rings. The number of benzene rings is 1. The number of hydrogen-bond acceptors (Lipinski definition) is 3. The van der Waals surface area contributed by atoms with Crippen LogP contribution in [0.3, 0.4) is 0 Å². The zero-order chi connectivity index (χ0) is 16.7. The third-order valence-electron chi connectivity index (χ3n) is 4.22. The minimum absolute atomic E-state index is 0.0479. The van der Waals surface area contributed by atoms with Gasteiger partial charge in [0.05, 0.1) is 0 Å². The van der Waals surface area contributed by atoms with Gasteiger partial charge >= 0.3 is 6.03 Å². The van der Waals surface area contributed by atoms with E-state index in [2.05, 4.69) is 10.6 Å². The minimum atomic E-state index is -0.249. The molecule has 1 saturated heterocycles. The first-order valence-corrected chi connectivity index (χ1v) is 8.22. The van der Waals surface area contributed by atoms with E-state index in [-0.39, 0.29) is 23.9 Å². The van der Waals surface area contributed by atoms with Crippen molar-refractivity contribution in [2.75, 3.05) is 25.0 Å². The van der Waals surface area contributed by atoms with E-state index in [9.17, 15) is 9.59 Å². The average Bonchev–Trinajstić information content (AvgIpc) is 2.59. The summed E-state index contributed by atoms with van der Waals surface area (Å²) < 4.78 is 0. The van der Waals surface area contributed by atoms with E-state index in [0.717, 1.165) is 31.5 Å². The molecule has 0 aliphatic carbocycles. The molecule has 2 unspecified atom stereocenters. The normalized spacial score (nSPS) is 19.0. The molecule has 126 valence electrons. The molecular weight excluding hydrogens is 292 g/mol. The number of piperidine rings is 1. The van der Waals surface area contributed by atoms with Crippen molar-refractivity contribution in [1.82, 2.24) is 10.2 Å². The van der Waals surface area contributed by atoms with Gasteiger partial charge in [-0.05, 0) is 31.4 Å². The van der Waals surface area contributed by atoms with Crippen molar-refractivity contribution < 1.29 is 9.59 Å². The van der Waals surface area contributed by atoms with Crippen LogP contribution in [-0.2, 0) is 4.79 Å². The number of amides is 3. The fourth-order valence-electron chi connectivity index (χ4n) is 2.79. The van der Waals surface area contributed by atoms with E-state index in [0.29, 0.717) is 13.1 Å². The first-order valence-electron chi connectivity index (χ1n) is 8.22. The van der Waals surface area contributed by atoms with Crippen LogP contribution in [0.2, 0.25) is 0 Å². The summed E-state index contributed by atoms with van der Waals surface area (Å²) in [5.74, 6) is -0.0868. The lowest BCUT2D eigenvalue weighted by Crippen LogP contribution is -2.52. The van der Waals surface area contributed by atoms with Crippen molar-refractivity contribution in [3.8, 4) is 0 Å².